The van der Waals surface area contributed by atoms with Gasteiger partial charge in [0.05, 0.1) is 0 Å². The minimum atomic E-state index is -0.676. The molecule has 0 saturated heterocycles. The second-order valence-electron chi connectivity index (χ2n) is 9.32. The van der Waals surface area contributed by atoms with Crippen molar-refractivity contribution < 1.29 is 24.2 Å². The monoisotopic (exact) mass is 457 g/mol. The van der Waals surface area contributed by atoms with Crippen molar-refractivity contribution in [2.24, 2.45) is 0 Å². The van der Waals surface area contributed by atoms with Crippen LogP contribution < -0.4 is 0 Å². The second-order valence-corrected chi connectivity index (χ2v) is 9.32. The third kappa shape index (κ3) is 20.7. The SMILES string of the molecule is CCCCCCCCC(CCCCCC)OC(=O)CCCCC(=O)OCC(O)CN(C)C. The van der Waals surface area contributed by atoms with Gasteiger partial charge < -0.3 is 19.5 Å². The number of aliphatic hydroxyl groups is 1. The number of esters is 2. The smallest absolute Gasteiger partial charge is 0.306 e. The van der Waals surface area contributed by atoms with Crippen LogP contribution in [0, 0.1) is 0 Å². The van der Waals surface area contributed by atoms with Gasteiger partial charge in [-0.3, -0.25) is 9.59 Å². The maximum Gasteiger partial charge on any atom is 0.306 e. The van der Waals surface area contributed by atoms with Gasteiger partial charge in [0.15, 0.2) is 0 Å². The lowest BCUT2D eigenvalue weighted by Crippen LogP contribution is -2.30. The summed E-state index contributed by atoms with van der Waals surface area (Å²) in [6.07, 6.45) is 15.3. The molecule has 0 spiro atoms. The molecule has 0 aromatic heterocycles. The van der Waals surface area contributed by atoms with E-state index in [-0.39, 0.29) is 31.1 Å². The Balaban J connectivity index is 4.06. The first-order chi connectivity index (χ1) is 15.4. The van der Waals surface area contributed by atoms with Gasteiger partial charge in [-0.15, -0.1) is 0 Å². The van der Waals surface area contributed by atoms with E-state index in [1.165, 1.54) is 51.4 Å². The molecule has 0 aliphatic carbocycles. The van der Waals surface area contributed by atoms with Crippen LogP contribution in [0.1, 0.15) is 117 Å². The predicted molar refractivity (Wildman–Crippen MR) is 131 cm³/mol. The summed E-state index contributed by atoms with van der Waals surface area (Å²) in [7, 11) is 3.71. The number of nitrogens with zero attached hydrogens (tertiary/aromatic N) is 1. The Kier molecular flexibility index (Phi) is 20.9. The van der Waals surface area contributed by atoms with Gasteiger partial charge >= 0.3 is 11.9 Å². The van der Waals surface area contributed by atoms with Gasteiger partial charge in [-0.1, -0.05) is 65.2 Å². The van der Waals surface area contributed by atoms with Gasteiger partial charge in [0.25, 0.3) is 0 Å². The molecule has 6 heteroatoms. The zero-order chi connectivity index (χ0) is 24.0. The van der Waals surface area contributed by atoms with E-state index in [0.717, 1.165) is 25.7 Å². The van der Waals surface area contributed by atoms with E-state index in [4.69, 9.17) is 9.47 Å². The van der Waals surface area contributed by atoms with Crippen LogP contribution in [0.3, 0.4) is 0 Å². The highest BCUT2D eigenvalue weighted by Gasteiger charge is 2.15. The molecule has 0 radical (unpaired) electrons. The molecule has 0 rings (SSSR count). The van der Waals surface area contributed by atoms with Gasteiger partial charge in [-0.2, -0.15) is 0 Å². The fourth-order valence-electron chi connectivity index (χ4n) is 3.73. The van der Waals surface area contributed by atoms with Crippen molar-refractivity contribution >= 4 is 11.9 Å². The maximum atomic E-state index is 12.3. The molecule has 190 valence electrons. The molecular formula is C26H51NO5. The van der Waals surface area contributed by atoms with E-state index in [1.54, 1.807) is 0 Å². The Bertz CT molecular complexity index is 455. The van der Waals surface area contributed by atoms with Crippen molar-refractivity contribution in [2.75, 3.05) is 27.2 Å². The van der Waals surface area contributed by atoms with E-state index in [9.17, 15) is 14.7 Å². The molecule has 6 nitrogen and oxygen atoms in total. The quantitative estimate of drug-likeness (QED) is 0.167. The van der Waals surface area contributed by atoms with Gasteiger partial charge in [-0.05, 0) is 52.6 Å². The lowest BCUT2D eigenvalue weighted by atomic mass is 10.0. The Labute approximate surface area is 197 Å². The van der Waals surface area contributed by atoms with E-state index >= 15 is 0 Å². The van der Waals surface area contributed by atoms with Crippen molar-refractivity contribution in [1.29, 1.82) is 0 Å². The fraction of sp³-hybridized carbons (Fsp3) is 0.923. The van der Waals surface area contributed by atoms with Crippen molar-refractivity contribution in [3.8, 4) is 0 Å². The van der Waals surface area contributed by atoms with Gasteiger partial charge in [0.1, 0.15) is 18.8 Å². The minimum Gasteiger partial charge on any atom is -0.463 e. The molecule has 0 aliphatic heterocycles. The topological polar surface area (TPSA) is 76.1 Å². The maximum absolute atomic E-state index is 12.3. The molecule has 0 aromatic rings. The molecule has 0 aromatic carbocycles. The lowest BCUT2D eigenvalue weighted by molar-refractivity contribution is -0.151. The van der Waals surface area contributed by atoms with Crippen molar-refractivity contribution in [3.63, 3.8) is 0 Å². The minimum absolute atomic E-state index is 0.0111. The first-order valence-electron chi connectivity index (χ1n) is 13.1. The number of hydrogen-bond donors (Lipinski definition) is 1. The standard InChI is InChI=1S/C26H51NO5/c1-5-7-9-11-12-14-18-24(17-13-10-8-6-2)32-26(30)20-16-15-19-25(29)31-22-23(28)21-27(3)4/h23-24,28H,5-22H2,1-4H3. The molecule has 0 fully saturated rings. The lowest BCUT2D eigenvalue weighted by Gasteiger charge is -2.18. The predicted octanol–water partition coefficient (Wildman–Crippen LogP) is 5.65. The number of ether oxygens (including phenoxy) is 2. The van der Waals surface area contributed by atoms with Crippen LogP contribution in [0.15, 0.2) is 0 Å². The number of unbranched alkanes of at least 4 members (excludes halogenated alkanes) is 9. The van der Waals surface area contributed by atoms with E-state index in [1.807, 2.05) is 19.0 Å². The number of carbonyl (C=O) groups excluding carboxylic acids is 2. The van der Waals surface area contributed by atoms with Crippen molar-refractivity contribution in [3.05, 3.63) is 0 Å². The second kappa shape index (κ2) is 21.7. The molecule has 0 bridgehead atoms. The molecular weight excluding hydrogens is 406 g/mol. The van der Waals surface area contributed by atoms with Gasteiger partial charge in [0.2, 0.25) is 0 Å². The Morgan fingerprint density at radius 2 is 1.25 bits per heavy atom. The number of carbonyl (C=O) groups is 2. The van der Waals surface area contributed by atoms with E-state index in [2.05, 4.69) is 13.8 Å². The van der Waals surface area contributed by atoms with Crippen LogP contribution in [-0.4, -0.2) is 61.4 Å². The molecule has 0 heterocycles. The van der Waals surface area contributed by atoms with Crippen LogP contribution in [0.25, 0.3) is 0 Å². The molecule has 32 heavy (non-hydrogen) atoms. The molecule has 2 unspecified atom stereocenters. The summed E-state index contributed by atoms with van der Waals surface area (Å²) < 4.78 is 10.9. The van der Waals surface area contributed by atoms with Gasteiger partial charge in [0, 0.05) is 19.4 Å². The van der Waals surface area contributed by atoms with Crippen LogP contribution in [0.4, 0.5) is 0 Å². The van der Waals surface area contributed by atoms with Crippen LogP contribution in [-0.2, 0) is 19.1 Å². The van der Waals surface area contributed by atoms with Crippen molar-refractivity contribution in [2.45, 2.75) is 129 Å². The fourth-order valence-corrected chi connectivity index (χ4v) is 3.73. The summed E-state index contributed by atoms with van der Waals surface area (Å²) in [5, 5.41) is 9.72. The average Bonchev–Trinajstić information content (AvgIpc) is 2.74. The Morgan fingerprint density at radius 3 is 1.81 bits per heavy atom. The average molecular weight is 458 g/mol. The van der Waals surface area contributed by atoms with Gasteiger partial charge in [-0.25, -0.2) is 0 Å². The molecule has 0 aliphatic rings. The summed E-state index contributed by atoms with van der Waals surface area (Å²) in [4.78, 5) is 25.9. The van der Waals surface area contributed by atoms with Crippen molar-refractivity contribution in [1.82, 2.24) is 4.90 Å². The van der Waals surface area contributed by atoms with Crippen LogP contribution in [0.2, 0.25) is 0 Å². The summed E-state index contributed by atoms with van der Waals surface area (Å²) in [5.74, 6) is -0.473. The third-order valence-electron chi connectivity index (χ3n) is 5.58. The summed E-state index contributed by atoms with van der Waals surface area (Å²) in [6, 6.07) is 0. The van der Waals surface area contributed by atoms with E-state index < -0.39 is 6.10 Å². The summed E-state index contributed by atoms with van der Waals surface area (Å²) in [5.41, 5.74) is 0. The number of aliphatic hydroxyl groups excluding tert-OH is 1. The molecule has 0 amide bonds. The highest BCUT2D eigenvalue weighted by molar-refractivity contribution is 5.70. The summed E-state index contributed by atoms with van der Waals surface area (Å²) >= 11 is 0. The third-order valence-corrected chi connectivity index (χ3v) is 5.58. The first-order valence-corrected chi connectivity index (χ1v) is 13.1. The zero-order valence-corrected chi connectivity index (χ0v) is 21.4. The Morgan fingerprint density at radius 1 is 0.750 bits per heavy atom. The van der Waals surface area contributed by atoms with Crippen LogP contribution >= 0.6 is 0 Å². The van der Waals surface area contributed by atoms with Crippen LogP contribution in [0.5, 0.6) is 0 Å². The Hall–Kier alpha value is -1.14. The normalized spacial score (nSPS) is 13.2. The summed E-state index contributed by atoms with van der Waals surface area (Å²) in [6.45, 7) is 4.90. The number of likely N-dealkylation sites (N-methyl/N-ethyl adjacent to an activating group) is 1. The zero-order valence-electron chi connectivity index (χ0n) is 21.4. The van der Waals surface area contributed by atoms with E-state index in [0.29, 0.717) is 25.8 Å². The highest BCUT2D eigenvalue weighted by Crippen LogP contribution is 2.17. The number of hydrogen-bond acceptors (Lipinski definition) is 6. The first kappa shape index (κ1) is 30.9. The molecule has 2 atom stereocenters. The highest BCUT2D eigenvalue weighted by atomic mass is 16.5. The molecule has 1 N–H and O–H groups in total. The molecule has 0 saturated carbocycles. The number of rotatable bonds is 22. The largest absolute Gasteiger partial charge is 0.463 e.